The number of fused-ring (bicyclic) bond motifs is 1. The topological polar surface area (TPSA) is 33.5 Å². The second-order valence-corrected chi connectivity index (χ2v) is 5.85. The summed E-state index contributed by atoms with van der Waals surface area (Å²) in [5.74, 6) is 0.834. The molecule has 0 saturated heterocycles. The summed E-state index contributed by atoms with van der Waals surface area (Å²) in [4.78, 5) is 0. The van der Waals surface area contributed by atoms with Gasteiger partial charge >= 0.3 is 5.95 Å². The normalized spacial score (nSPS) is 11.7. The molecule has 0 aliphatic carbocycles. The van der Waals surface area contributed by atoms with E-state index < -0.39 is 0 Å². The highest BCUT2D eigenvalue weighted by molar-refractivity contribution is 5.73. The van der Waals surface area contributed by atoms with Crippen LogP contribution >= 0.6 is 0 Å². The van der Waals surface area contributed by atoms with Gasteiger partial charge in [0.2, 0.25) is 0 Å². The van der Waals surface area contributed by atoms with Gasteiger partial charge in [-0.25, -0.2) is 9.13 Å². The van der Waals surface area contributed by atoms with Gasteiger partial charge in [0.25, 0.3) is 0 Å². The van der Waals surface area contributed by atoms with Crippen molar-refractivity contribution in [2.75, 3.05) is 0 Å². The Morgan fingerprint density at radius 1 is 0.955 bits per heavy atom. The Labute approximate surface area is 130 Å². The van der Waals surface area contributed by atoms with Gasteiger partial charge in [0.15, 0.2) is 0 Å². The van der Waals surface area contributed by atoms with E-state index in [1.54, 1.807) is 0 Å². The maximum atomic E-state index is 4.52. The largest absolute Gasteiger partial charge is 0.422 e. The van der Waals surface area contributed by atoms with Crippen molar-refractivity contribution < 1.29 is 4.57 Å². The van der Waals surface area contributed by atoms with E-state index in [1.165, 1.54) is 5.56 Å². The van der Waals surface area contributed by atoms with Crippen LogP contribution in [-0.2, 0) is 14.1 Å². The molecule has 0 unspecified atom stereocenters. The van der Waals surface area contributed by atoms with E-state index >= 15 is 0 Å². The quantitative estimate of drug-likeness (QED) is 0.497. The molecule has 3 aromatic rings. The van der Waals surface area contributed by atoms with Crippen molar-refractivity contribution in [3.8, 4) is 0 Å². The minimum atomic E-state index is 0.834. The van der Waals surface area contributed by atoms with Crippen LogP contribution in [0.1, 0.15) is 16.7 Å². The predicted octanol–water partition coefficient (Wildman–Crippen LogP) is 4.34. The van der Waals surface area contributed by atoms with E-state index in [-0.39, 0.29) is 0 Å². The minimum absolute atomic E-state index is 0.834. The lowest BCUT2D eigenvalue weighted by Crippen LogP contribution is -2.26. The van der Waals surface area contributed by atoms with Crippen LogP contribution in [-0.4, -0.2) is 4.57 Å². The number of benzene rings is 2. The fourth-order valence-electron chi connectivity index (χ4n) is 3.03. The predicted molar refractivity (Wildman–Crippen MR) is 88.9 cm³/mol. The molecule has 0 radical (unpaired) electrons. The third-order valence-electron chi connectivity index (χ3n) is 4.08. The smallest absolute Gasteiger partial charge is 0.226 e. The summed E-state index contributed by atoms with van der Waals surface area (Å²) in [6.07, 6.45) is 0. The van der Waals surface area contributed by atoms with E-state index in [9.17, 15) is 0 Å². The SMILES string of the molecule is Cc1cc(C)c(N=Nc2n(C)c3ccccc3[n+]2C)c(C)c1. The molecule has 112 valence electrons. The Morgan fingerprint density at radius 2 is 1.59 bits per heavy atom. The minimum Gasteiger partial charge on any atom is -0.226 e. The Bertz CT molecular complexity index is 825. The first kappa shape index (κ1) is 14.4. The van der Waals surface area contributed by atoms with Gasteiger partial charge in [-0.2, -0.15) is 0 Å². The van der Waals surface area contributed by atoms with Gasteiger partial charge < -0.3 is 0 Å². The first-order chi connectivity index (χ1) is 10.5. The molecule has 0 aliphatic rings. The molecule has 0 fully saturated rings. The molecule has 3 rings (SSSR count). The Hall–Kier alpha value is -2.49. The number of aromatic nitrogens is 2. The summed E-state index contributed by atoms with van der Waals surface area (Å²) in [5, 5.41) is 9.03. The molecule has 1 heterocycles. The van der Waals surface area contributed by atoms with Gasteiger partial charge in [-0.05, 0) is 44.0 Å². The van der Waals surface area contributed by atoms with Crippen molar-refractivity contribution >= 4 is 22.7 Å². The first-order valence-corrected chi connectivity index (χ1v) is 7.42. The molecular formula is C18H21N4+. The zero-order valence-corrected chi connectivity index (χ0v) is 13.8. The molecule has 22 heavy (non-hydrogen) atoms. The van der Waals surface area contributed by atoms with Crippen LogP contribution in [0.3, 0.4) is 0 Å². The number of nitrogens with zero attached hydrogens (tertiary/aromatic N) is 4. The molecule has 0 spiro atoms. The molecule has 0 saturated carbocycles. The number of rotatable bonds is 2. The number of hydrogen-bond donors (Lipinski definition) is 0. The van der Waals surface area contributed by atoms with Crippen LogP contribution in [0, 0.1) is 20.8 Å². The van der Waals surface area contributed by atoms with Gasteiger partial charge in [-0.15, -0.1) is 0 Å². The van der Waals surface area contributed by atoms with Crippen LogP contribution < -0.4 is 4.57 Å². The molecule has 2 aromatic carbocycles. The summed E-state index contributed by atoms with van der Waals surface area (Å²) < 4.78 is 4.13. The number of hydrogen-bond acceptors (Lipinski definition) is 2. The maximum Gasteiger partial charge on any atom is 0.422 e. The molecule has 0 N–H and O–H groups in total. The molecule has 0 bridgehead atoms. The second-order valence-electron chi connectivity index (χ2n) is 5.85. The Morgan fingerprint density at radius 3 is 2.23 bits per heavy atom. The summed E-state index contributed by atoms with van der Waals surface area (Å²) in [6.45, 7) is 6.26. The van der Waals surface area contributed by atoms with Crippen molar-refractivity contribution in [2.24, 2.45) is 24.3 Å². The Balaban J connectivity index is 2.11. The molecule has 1 aromatic heterocycles. The monoisotopic (exact) mass is 293 g/mol. The maximum absolute atomic E-state index is 4.52. The summed E-state index contributed by atoms with van der Waals surface area (Å²) in [6, 6.07) is 12.5. The van der Waals surface area contributed by atoms with Crippen molar-refractivity contribution in [3.63, 3.8) is 0 Å². The highest BCUT2D eigenvalue weighted by Gasteiger charge is 2.19. The van der Waals surface area contributed by atoms with Crippen LogP contribution in [0.5, 0.6) is 0 Å². The fourth-order valence-corrected chi connectivity index (χ4v) is 3.03. The van der Waals surface area contributed by atoms with Crippen LogP contribution in [0.2, 0.25) is 0 Å². The van der Waals surface area contributed by atoms with Gasteiger partial charge in [0.05, 0.1) is 14.1 Å². The number of azo groups is 1. The van der Waals surface area contributed by atoms with Gasteiger partial charge in [0, 0.05) is 5.11 Å². The molecule has 0 aliphatic heterocycles. The lowest BCUT2D eigenvalue weighted by molar-refractivity contribution is -0.632. The van der Waals surface area contributed by atoms with E-state index in [2.05, 4.69) is 64.4 Å². The van der Waals surface area contributed by atoms with E-state index in [4.69, 9.17) is 0 Å². The summed E-state index contributed by atoms with van der Waals surface area (Å²) in [5.41, 5.74) is 6.82. The van der Waals surface area contributed by atoms with E-state index in [0.29, 0.717) is 0 Å². The molecule has 0 atom stereocenters. The third kappa shape index (κ3) is 2.30. The van der Waals surface area contributed by atoms with Gasteiger partial charge in [0.1, 0.15) is 16.7 Å². The van der Waals surface area contributed by atoms with E-state index in [0.717, 1.165) is 33.8 Å². The lowest BCUT2D eigenvalue weighted by Gasteiger charge is -2.03. The average Bonchev–Trinajstić information content (AvgIpc) is 2.71. The second kappa shape index (κ2) is 5.37. The lowest BCUT2D eigenvalue weighted by atomic mass is 10.1. The number of para-hydroxylation sites is 2. The van der Waals surface area contributed by atoms with Crippen LogP contribution in [0.15, 0.2) is 46.6 Å². The average molecular weight is 293 g/mol. The van der Waals surface area contributed by atoms with Gasteiger partial charge in [-0.1, -0.05) is 34.9 Å². The van der Waals surface area contributed by atoms with Crippen LogP contribution in [0.4, 0.5) is 11.6 Å². The fraction of sp³-hybridized carbons (Fsp3) is 0.278. The van der Waals surface area contributed by atoms with E-state index in [1.807, 2.05) is 26.2 Å². The number of aryl methyl sites for hydroxylation is 5. The highest BCUT2D eigenvalue weighted by Crippen LogP contribution is 2.27. The molecule has 0 amide bonds. The summed E-state index contributed by atoms with van der Waals surface area (Å²) >= 11 is 0. The molecule has 4 heteroatoms. The first-order valence-electron chi connectivity index (χ1n) is 7.42. The van der Waals surface area contributed by atoms with Crippen molar-refractivity contribution in [1.82, 2.24) is 4.57 Å². The van der Waals surface area contributed by atoms with Crippen molar-refractivity contribution in [3.05, 3.63) is 53.1 Å². The third-order valence-corrected chi connectivity index (χ3v) is 4.08. The van der Waals surface area contributed by atoms with Crippen molar-refractivity contribution in [2.45, 2.75) is 20.8 Å². The van der Waals surface area contributed by atoms with Crippen molar-refractivity contribution in [1.29, 1.82) is 0 Å². The zero-order chi connectivity index (χ0) is 15.9. The summed E-state index contributed by atoms with van der Waals surface area (Å²) in [7, 11) is 4.04. The standard InChI is InChI=1S/C18H21N4/c1-12-10-13(2)17(14(3)11-12)19-20-18-21(4)15-8-6-7-9-16(15)22(18)5/h6-11H,1-5H3/q+1. The Kier molecular flexibility index (Phi) is 3.53. The van der Waals surface area contributed by atoms with Gasteiger partial charge in [-0.3, -0.25) is 0 Å². The molecular weight excluding hydrogens is 272 g/mol. The molecule has 4 nitrogen and oxygen atoms in total. The highest BCUT2D eigenvalue weighted by atomic mass is 15.3. The zero-order valence-electron chi connectivity index (χ0n) is 13.8. The van der Waals surface area contributed by atoms with Crippen LogP contribution in [0.25, 0.3) is 11.0 Å². The number of imidazole rings is 1.